The Balaban J connectivity index is 2.66. The van der Waals surface area contributed by atoms with Gasteiger partial charge in [-0.05, 0) is 12.1 Å². The Bertz CT molecular complexity index is 452. The second kappa shape index (κ2) is 3.38. The van der Waals surface area contributed by atoms with Crippen molar-refractivity contribution in [2.75, 3.05) is 6.67 Å². The van der Waals surface area contributed by atoms with E-state index in [2.05, 4.69) is 4.98 Å². The Morgan fingerprint density at radius 1 is 1.64 bits per heavy atom. The van der Waals surface area contributed by atoms with Crippen LogP contribution in [-0.4, -0.2) is 21.3 Å². The third-order valence-corrected chi connectivity index (χ3v) is 2.27. The molecule has 4 heteroatoms. The number of fused-ring (bicyclic) bond motifs is 1. The lowest BCUT2D eigenvalue weighted by molar-refractivity contribution is 0.143. The van der Waals surface area contributed by atoms with Crippen LogP contribution in [0.1, 0.15) is 11.7 Å². The number of hydrogen-bond donors (Lipinski definition) is 1. The van der Waals surface area contributed by atoms with E-state index < -0.39 is 12.8 Å². The van der Waals surface area contributed by atoms with E-state index >= 15 is 0 Å². The third kappa shape index (κ3) is 1.28. The summed E-state index contributed by atoms with van der Waals surface area (Å²) in [5.74, 6) is 0. The van der Waals surface area contributed by atoms with Gasteiger partial charge < -0.3 is 9.67 Å². The minimum atomic E-state index is -1.05. The van der Waals surface area contributed by atoms with Crippen molar-refractivity contribution < 1.29 is 9.50 Å². The molecule has 74 valence electrons. The first-order chi connectivity index (χ1) is 6.74. The lowest BCUT2D eigenvalue weighted by atomic mass is 10.1. The number of aromatic nitrogens is 2. The first kappa shape index (κ1) is 9.15. The molecule has 3 nitrogen and oxygen atoms in total. The quantitative estimate of drug-likeness (QED) is 0.788. The first-order valence-electron chi connectivity index (χ1n) is 4.38. The van der Waals surface area contributed by atoms with E-state index in [4.69, 9.17) is 0 Å². The summed E-state index contributed by atoms with van der Waals surface area (Å²) < 4.78 is 14.1. The lowest BCUT2D eigenvalue weighted by Gasteiger charge is -2.02. The molecule has 2 aromatic rings. The van der Waals surface area contributed by atoms with Crippen LogP contribution in [0.3, 0.4) is 0 Å². The van der Waals surface area contributed by atoms with Crippen LogP contribution >= 0.6 is 0 Å². The highest BCUT2D eigenvalue weighted by Crippen LogP contribution is 2.24. The van der Waals surface area contributed by atoms with Crippen LogP contribution in [0.4, 0.5) is 4.39 Å². The van der Waals surface area contributed by atoms with Crippen molar-refractivity contribution in [2.24, 2.45) is 7.05 Å². The number of nitrogens with zero attached hydrogens (tertiary/aromatic N) is 2. The van der Waals surface area contributed by atoms with E-state index in [9.17, 15) is 9.50 Å². The van der Waals surface area contributed by atoms with Crippen molar-refractivity contribution >= 4 is 11.0 Å². The number of aryl methyl sites for hydroxylation is 1. The van der Waals surface area contributed by atoms with Gasteiger partial charge in [0.15, 0.2) is 0 Å². The smallest absolute Gasteiger partial charge is 0.139 e. The maximum atomic E-state index is 12.3. The predicted molar refractivity (Wildman–Crippen MR) is 51.6 cm³/mol. The molecule has 0 aliphatic rings. The summed E-state index contributed by atoms with van der Waals surface area (Å²) in [5, 5.41) is 10.2. The fourth-order valence-corrected chi connectivity index (χ4v) is 1.59. The zero-order chi connectivity index (χ0) is 10.1. The van der Waals surface area contributed by atoms with Crippen molar-refractivity contribution in [2.45, 2.75) is 6.10 Å². The van der Waals surface area contributed by atoms with E-state index in [-0.39, 0.29) is 0 Å². The number of pyridine rings is 1. The minimum absolute atomic E-state index is 0.595. The highest BCUT2D eigenvalue weighted by atomic mass is 19.1. The van der Waals surface area contributed by atoms with E-state index in [0.717, 1.165) is 11.0 Å². The van der Waals surface area contributed by atoms with Crippen LogP contribution in [0.2, 0.25) is 0 Å². The van der Waals surface area contributed by atoms with Crippen molar-refractivity contribution in [3.63, 3.8) is 0 Å². The molecule has 2 heterocycles. The molecule has 14 heavy (non-hydrogen) atoms. The molecule has 1 atom stereocenters. The molecule has 0 radical (unpaired) electrons. The zero-order valence-electron chi connectivity index (χ0n) is 7.81. The van der Waals surface area contributed by atoms with Gasteiger partial charge in [-0.25, -0.2) is 9.37 Å². The summed E-state index contributed by atoms with van der Waals surface area (Å²) in [6.07, 6.45) is 2.33. The van der Waals surface area contributed by atoms with Gasteiger partial charge in [0.1, 0.15) is 18.4 Å². The standard InChI is InChI=1S/C10H11FN2O/c1-13-6-8(9(14)5-11)7-3-2-4-12-10(7)13/h2-4,6,9,14H,5H2,1H3. The maximum Gasteiger partial charge on any atom is 0.139 e. The fourth-order valence-electron chi connectivity index (χ4n) is 1.59. The molecule has 2 aromatic heterocycles. The van der Waals surface area contributed by atoms with Gasteiger partial charge in [-0.3, -0.25) is 0 Å². The Labute approximate surface area is 80.8 Å². The van der Waals surface area contributed by atoms with Crippen LogP contribution in [0.15, 0.2) is 24.5 Å². The van der Waals surface area contributed by atoms with Crippen LogP contribution in [0.25, 0.3) is 11.0 Å². The van der Waals surface area contributed by atoms with Crippen molar-refractivity contribution in [3.05, 3.63) is 30.1 Å². The van der Waals surface area contributed by atoms with Crippen LogP contribution in [0, 0.1) is 0 Å². The van der Waals surface area contributed by atoms with Crippen molar-refractivity contribution in [1.82, 2.24) is 9.55 Å². The Morgan fingerprint density at radius 2 is 2.43 bits per heavy atom. The number of hydrogen-bond acceptors (Lipinski definition) is 2. The molecule has 0 spiro atoms. The van der Waals surface area contributed by atoms with Crippen LogP contribution in [-0.2, 0) is 7.05 Å². The molecule has 2 rings (SSSR count). The van der Waals surface area contributed by atoms with Crippen LogP contribution < -0.4 is 0 Å². The fraction of sp³-hybridized carbons (Fsp3) is 0.300. The third-order valence-electron chi connectivity index (χ3n) is 2.27. The van der Waals surface area contributed by atoms with Gasteiger partial charge in [0, 0.05) is 30.4 Å². The molecule has 0 bridgehead atoms. The van der Waals surface area contributed by atoms with Gasteiger partial charge in [0.05, 0.1) is 0 Å². The molecule has 0 aliphatic carbocycles. The van der Waals surface area contributed by atoms with Crippen LogP contribution in [0.5, 0.6) is 0 Å². The van der Waals surface area contributed by atoms with Gasteiger partial charge in [-0.1, -0.05) is 0 Å². The molecular weight excluding hydrogens is 183 g/mol. The molecule has 0 fully saturated rings. The summed E-state index contributed by atoms with van der Waals surface area (Å²) in [7, 11) is 1.82. The molecule has 0 saturated carbocycles. The highest BCUT2D eigenvalue weighted by Gasteiger charge is 2.14. The first-order valence-corrected chi connectivity index (χ1v) is 4.38. The maximum absolute atomic E-state index is 12.3. The predicted octanol–water partition coefficient (Wildman–Crippen LogP) is 1.58. The number of aliphatic hydroxyl groups is 1. The van der Waals surface area contributed by atoms with Crippen molar-refractivity contribution in [3.8, 4) is 0 Å². The largest absolute Gasteiger partial charge is 0.386 e. The van der Waals surface area contributed by atoms with Gasteiger partial charge in [-0.2, -0.15) is 0 Å². The minimum Gasteiger partial charge on any atom is -0.386 e. The zero-order valence-corrected chi connectivity index (χ0v) is 7.81. The number of halogens is 1. The Kier molecular flexibility index (Phi) is 2.21. The number of alkyl halides is 1. The Morgan fingerprint density at radius 3 is 3.14 bits per heavy atom. The summed E-state index contributed by atoms with van der Waals surface area (Å²) in [6.45, 7) is -0.770. The SMILES string of the molecule is Cn1cc(C(O)CF)c2cccnc21. The molecule has 0 aliphatic heterocycles. The number of aliphatic hydroxyl groups excluding tert-OH is 1. The lowest BCUT2D eigenvalue weighted by Crippen LogP contribution is -1.97. The second-order valence-corrected chi connectivity index (χ2v) is 3.24. The second-order valence-electron chi connectivity index (χ2n) is 3.24. The summed E-state index contributed by atoms with van der Waals surface area (Å²) in [5.41, 5.74) is 1.35. The molecule has 0 aromatic carbocycles. The van der Waals surface area contributed by atoms with E-state index in [1.54, 1.807) is 23.0 Å². The average molecular weight is 194 g/mol. The van der Waals surface area contributed by atoms with Gasteiger partial charge in [0.25, 0.3) is 0 Å². The summed E-state index contributed by atoms with van der Waals surface area (Å²) in [6, 6.07) is 3.60. The normalized spacial score (nSPS) is 13.4. The molecule has 0 amide bonds. The van der Waals surface area contributed by atoms with E-state index in [1.807, 2.05) is 13.1 Å². The van der Waals surface area contributed by atoms with Gasteiger partial charge >= 0.3 is 0 Å². The van der Waals surface area contributed by atoms with E-state index in [0.29, 0.717) is 5.56 Å². The average Bonchev–Trinajstić information content (AvgIpc) is 2.56. The monoisotopic (exact) mass is 194 g/mol. The molecule has 0 saturated heterocycles. The summed E-state index contributed by atoms with van der Waals surface area (Å²) >= 11 is 0. The van der Waals surface area contributed by atoms with Crippen molar-refractivity contribution in [1.29, 1.82) is 0 Å². The van der Waals surface area contributed by atoms with Gasteiger partial charge in [0.2, 0.25) is 0 Å². The highest BCUT2D eigenvalue weighted by molar-refractivity contribution is 5.80. The molecule has 1 unspecified atom stereocenters. The molecule has 1 N–H and O–H groups in total. The Hall–Kier alpha value is -1.42. The number of rotatable bonds is 2. The summed E-state index contributed by atoms with van der Waals surface area (Å²) in [4.78, 5) is 4.15. The molecular formula is C10H11FN2O. The van der Waals surface area contributed by atoms with E-state index in [1.165, 1.54) is 0 Å². The van der Waals surface area contributed by atoms with Gasteiger partial charge in [-0.15, -0.1) is 0 Å². The topological polar surface area (TPSA) is 38.0 Å².